The molecule has 0 spiro atoms. The lowest BCUT2D eigenvalue weighted by atomic mass is 10.3. The quantitative estimate of drug-likeness (QED) is 0.794. The van der Waals surface area contributed by atoms with Crippen molar-refractivity contribution in [3.05, 3.63) is 57.5 Å². The number of benzene rings is 2. The summed E-state index contributed by atoms with van der Waals surface area (Å²) in [6, 6.07) is 14.3. The summed E-state index contributed by atoms with van der Waals surface area (Å²) >= 11 is 6.70. The first-order chi connectivity index (χ1) is 9.49. The monoisotopic (exact) mass is 417 g/mol. The van der Waals surface area contributed by atoms with Crippen LogP contribution in [0, 0.1) is 0 Å². The van der Waals surface area contributed by atoms with E-state index in [1.54, 1.807) is 24.3 Å². The molecule has 6 heteroatoms. The molecule has 0 amide bonds. The number of para-hydroxylation sites is 1. The average Bonchev–Trinajstić information content (AvgIpc) is 2.41. The Morgan fingerprint density at radius 1 is 0.950 bits per heavy atom. The molecule has 0 saturated carbocycles. The van der Waals surface area contributed by atoms with E-state index in [2.05, 4.69) is 37.2 Å². The minimum atomic E-state index is -3.26. The Bertz CT molecular complexity index is 685. The maximum Gasteiger partial charge on any atom is 0.180 e. The molecule has 2 aromatic rings. The highest BCUT2D eigenvalue weighted by molar-refractivity contribution is 9.10. The van der Waals surface area contributed by atoms with Crippen LogP contribution < -0.4 is 5.32 Å². The zero-order valence-corrected chi connectivity index (χ0v) is 14.5. The molecule has 2 aromatic carbocycles. The third-order valence-electron chi connectivity index (χ3n) is 2.73. The number of anilines is 1. The van der Waals surface area contributed by atoms with Crippen LogP contribution in [0.3, 0.4) is 0 Å². The molecule has 0 heterocycles. The molecule has 3 nitrogen and oxygen atoms in total. The van der Waals surface area contributed by atoms with E-state index < -0.39 is 9.84 Å². The summed E-state index contributed by atoms with van der Waals surface area (Å²) in [5, 5.41) is 3.11. The van der Waals surface area contributed by atoms with E-state index in [-0.39, 0.29) is 5.75 Å². The zero-order chi connectivity index (χ0) is 14.6. The highest BCUT2D eigenvalue weighted by atomic mass is 79.9. The molecular weight excluding hydrogens is 406 g/mol. The lowest BCUT2D eigenvalue weighted by Crippen LogP contribution is -2.16. The Kier molecular flexibility index (Phi) is 5.23. The Morgan fingerprint density at radius 2 is 1.60 bits per heavy atom. The van der Waals surface area contributed by atoms with Crippen LogP contribution in [0.1, 0.15) is 0 Å². The van der Waals surface area contributed by atoms with Crippen LogP contribution in [0.4, 0.5) is 5.69 Å². The van der Waals surface area contributed by atoms with Crippen molar-refractivity contribution in [1.82, 2.24) is 0 Å². The molecule has 0 aromatic heterocycles. The first-order valence-corrected chi connectivity index (χ1v) is 9.19. The maximum absolute atomic E-state index is 12.2. The predicted molar refractivity (Wildman–Crippen MR) is 88.8 cm³/mol. The molecule has 0 bridgehead atoms. The second-order valence-corrected chi connectivity index (χ2v) is 8.06. The Hall–Kier alpha value is -0.850. The average molecular weight is 419 g/mol. The van der Waals surface area contributed by atoms with E-state index in [0.717, 1.165) is 14.6 Å². The van der Waals surface area contributed by atoms with Gasteiger partial charge in [0.25, 0.3) is 0 Å². The maximum atomic E-state index is 12.2. The third-order valence-corrected chi connectivity index (χ3v) is 5.69. The van der Waals surface area contributed by atoms with Crippen LogP contribution in [-0.4, -0.2) is 20.7 Å². The van der Waals surface area contributed by atoms with E-state index in [1.165, 1.54) is 0 Å². The van der Waals surface area contributed by atoms with Gasteiger partial charge in [-0.25, -0.2) is 8.42 Å². The summed E-state index contributed by atoms with van der Waals surface area (Å²) in [6.45, 7) is 0.362. The van der Waals surface area contributed by atoms with Crippen LogP contribution >= 0.6 is 31.9 Å². The number of rotatable bonds is 5. The Morgan fingerprint density at radius 3 is 2.25 bits per heavy atom. The molecule has 2 rings (SSSR count). The molecule has 0 fully saturated rings. The molecule has 0 aliphatic carbocycles. The summed E-state index contributed by atoms with van der Waals surface area (Å²) in [5.41, 5.74) is 0.888. The minimum absolute atomic E-state index is 0.0516. The lowest BCUT2D eigenvalue weighted by molar-refractivity contribution is 0.596. The van der Waals surface area contributed by atoms with Gasteiger partial charge >= 0.3 is 0 Å². The van der Waals surface area contributed by atoms with Gasteiger partial charge in [-0.05, 0) is 52.3 Å². The Balaban J connectivity index is 2.00. The zero-order valence-electron chi connectivity index (χ0n) is 10.5. The fourth-order valence-corrected chi connectivity index (χ4v) is 3.53. The highest BCUT2D eigenvalue weighted by Gasteiger charge is 2.13. The van der Waals surface area contributed by atoms with Crippen LogP contribution in [0.15, 0.2) is 62.4 Å². The fraction of sp³-hybridized carbons (Fsp3) is 0.143. The van der Waals surface area contributed by atoms with Crippen molar-refractivity contribution in [2.45, 2.75) is 4.90 Å². The van der Waals surface area contributed by atoms with Gasteiger partial charge in [-0.2, -0.15) is 0 Å². The number of halogens is 2. The van der Waals surface area contributed by atoms with Crippen LogP contribution in [0.25, 0.3) is 0 Å². The van der Waals surface area contributed by atoms with Crippen molar-refractivity contribution >= 4 is 47.4 Å². The van der Waals surface area contributed by atoms with Crippen molar-refractivity contribution in [1.29, 1.82) is 0 Å². The number of sulfone groups is 1. The molecule has 20 heavy (non-hydrogen) atoms. The first-order valence-electron chi connectivity index (χ1n) is 5.96. The fourth-order valence-electron chi connectivity index (χ4n) is 1.68. The molecule has 106 valence electrons. The lowest BCUT2D eigenvalue weighted by Gasteiger charge is -2.09. The van der Waals surface area contributed by atoms with Gasteiger partial charge in [0.2, 0.25) is 0 Å². The standard InChI is InChI=1S/C14H13Br2NO2S/c15-11-5-7-12(8-6-11)20(18,19)10-9-17-14-4-2-1-3-13(14)16/h1-8,17H,9-10H2. The number of hydrogen-bond donors (Lipinski definition) is 1. The molecule has 0 atom stereocenters. The molecule has 1 N–H and O–H groups in total. The molecule has 0 aliphatic heterocycles. The van der Waals surface area contributed by atoms with Gasteiger partial charge in [0.15, 0.2) is 9.84 Å². The van der Waals surface area contributed by atoms with Crippen molar-refractivity contribution < 1.29 is 8.42 Å². The van der Waals surface area contributed by atoms with Gasteiger partial charge in [-0.3, -0.25) is 0 Å². The van der Waals surface area contributed by atoms with Gasteiger partial charge in [0, 0.05) is 21.2 Å². The van der Waals surface area contributed by atoms with E-state index in [0.29, 0.717) is 11.4 Å². The van der Waals surface area contributed by atoms with Gasteiger partial charge in [0.05, 0.1) is 10.6 Å². The topological polar surface area (TPSA) is 46.2 Å². The van der Waals surface area contributed by atoms with Gasteiger partial charge in [-0.15, -0.1) is 0 Å². The number of hydrogen-bond acceptors (Lipinski definition) is 3. The van der Waals surface area contributed by atoms with E-state index in [9.17, 15) is 8.42 Å². The van der Waals surface area contributed by atoms with E-state index >= 15 is 0 Å². The van der Waals surface area contributed by atoms with Crippen molar-refractivity contribution in [2.75, 3.05) is 17.6 Å². The molecule has 0 saturated heterocycles. The summed E-state index contributed by atoms with van der Waals surface area (Å²) in [7, 11) is -3.26. The normalized spacial score (nSPS) is 11.3. The molecule has 0 unspecified atom stereocenters. The van der Waals surface area contributed by atoms with E-state index in [1.807, 2.05) is 24.3 Å². The van der Waals surface area contributed by atoms with Gasteiger partial charge in [-0.1, -0.05) is 28.1 Å². The first kappa shape index (κ1) is 15.5. The Labute approximate surface area is 135 Å². The summed E-state index contributed by atoms with van der Waals surface area (Å²) in [6.07, 6.45) is 0. The van der Waals surface area contributed by atoms with Crippen molar-refractivity contribution in [3.63, 3.8) is 0 Å². The predicted octanol–water partition coefficient (Wildman–Crippen LogP) is 4.10. The smallest absolute Gasteiger partial charge is 0.180 e. The second kappa shape index (κ2) is 6.74. The summed E-state index contributed by atoms with van der Waals surface area (Å²) in [5.74, 6) is 0.0516. The number of nitrogens with one attached hydrogen (secondary N) is 1. The summed E-state index contributed by atoms with van der Waals surface area (Å²) < 4.78 is 26.1. The van der Waals surface area contributed by atoms with Crippen LogP contribution in [0.2, 0.25) is 0 Å². The minimum Gasteiger partial charge on any atom is -0.383 e. The van der Waals surface area contributed by atoms with E-state index in [4.69, 9.17) is 0 Å². The SMILES string of the molecule is O=S(=O)(CCNc1ccccc1Br)c1ccc(Br)cc1. The van der Waals surface area contributed by atoms with Gasteiger partial charge in [0.1, 0.15) is 0 Å². The summed E-state index contributed by atoms with van der Waals surface area (Å²) in [4.78, 5) is 0.342. The van der Waals surface area contributed by atoms with Crippen LogP contribution in [-0.2, 0) is 9.84 Å². The third kappa shape index (κ3) is 4.07. The molecule has 0 aliphatic rings. The van der Waals surface area contributed by atoms with Crippen LogP contribution in [0.5, 0.6) is 0 Å². The van der Waals surface area contributed by atoms with Gasteiger partial charge < -0.3 is 5.32 Å². The molecular formula is C14H13Br2NO2S. The van der Waals surface area contributed by atoms with Crippen molar-refractivity contribution in [2.24, 2.45) is 0 Å². The second-order valence-electron chi connectivity index (χ2n) is 4.18. The molecule has 0 radical (unpaired) electrons. The largest absolute Gasteiger partial charge is 0.383 e. The van der Waals surface area contributed by atoms with Crippen molar-refractivity contribution in [3.8, 4) is 0 Å². The highest BCUT2D eigenvalue weighted by Crippen LogP contribution is 2.21.